The Kier molecular flexibility index (Phi) is 5.06. The third kappa shape index (κ3) is 3.11. The average Bonchev–Trinajstić information content (AvgIpc) is 2.35. The SMILES string of the molecule is C=CC(=O)C(C)=C(SCC)c1ccccc1. The highest BCUT2D eigenvalue weighted by Gasteiger charge is 2.09. The number of ketones is 1. The summed E-state index contributed by atoms with van der Waals surface area (Å²) in [6, 6.07) is 9.99. The first-order valence-electron chi connectivity index (χ1n) is 5.26. The zero-order valence-electron chi connectivity index (χ0n) is 9.69. The van der Waals surface area contributed by atoms with Crippen molar-refractivity contribution in [1.29, 1.82) is 0 Å². The van der Waals surface area contributed by atoms with Crippen LogP contribution in [0.25, 0.3) is 4.91 Å². The molecule has 16 heavy (non-hydrogen) atoms. The zero-order chi connectivity index (χ0) is 12.0. The molecule has 0 aliphatic rings. The molecule has 1 aromatic carbocycles. The molecule has 0 spiro atoms. The first-order chi connectivity index (χ1) is 7.70. The maximum Gasteiger partial charge on any atom is 0.182 e. The van der Waals surface area contributed by atoms with Gasteiger partial charge in [0.25, 0.3) is 0 Å². The molecule has 0 heterocycles. The Labute approximate surface area is 101 Å². The summed E-state index contributed by atoms with van der Waals surface area (Å²) >= 11 is 1.69. The van der Waals surface area contributed by atoms with Crippen molar-refractivity contribution in [3.63, 3.8) is 0 Å². The Morgan fingerprint density at radius 2 is 2.00 bits per heavy atom. The molecule has 0 saturated carbocycles. The van der Waals surface area contributed by atoms with Crippen molar-refractivity contribution in [3.05, 3.63) is 54.1 Å². The van der Waals surface area contributed by atoms with E-state index in [1.165, 1.54) is 6.08 Å². The number of hydrogen-bond acceptors (Lipinski definition) is 2. The highest BCUT2D eigenvalue weighted by molar-refractivity contribution is 8.08. The van der Waals surface area contributed by atoms with Gasteiger partial charge in [0.2, 0.25) is 0 Å². The lowest BCUT2D eigenvalue weighted by atomic mass is 10.1. The number of thioether (sulfide) groups is 1. The van der Waals surface area contributed by atoms with Crippen LogP contribution >= 0.6 is 11.8 Å². The number of rotatable bonds is 5. The second kappa shape index (κ2) is 6.33. The first-order valence-corrected chi connectivity index (χ1v) is 6.25. The van der Waals surface area contributed by atoms with Gasteiger partial charge in [-0.1, -0.05) is 43.8 Å². The van der Waals surface area contributed by atoms with Crippen molar-refractivity contribution in [2.45, 2.75) is 13.8 Å². The molecule has 0 amide bonds. The highest BCUT2D eigenvalue weighted by Crippen LogP contribution is 2.30. The van der Waals surface area contributed by atoms with E-state index >= 15 is 0 Å². The van der Waals surface area contributed by atoms with Crippen molar-refractivity contribution in [3.8, 4) is 0 Å². The van der Waals surface area contributed by atoms with Crippen LogP contribution in [0.1, 0.15) is 19.4 Å². The van der Waals surface area contributed by atoms with E-state index in [2.05, 4.69) is 13.5 Å². The van der Waals surface area contributed by atoms with E-state index in [0.29, 0.717) is 0 Å². The van der Waals surface area contributed by atoms with Crippen LogP contribution in [0.5, 0.6) is 0 Å². The fourth-order valence-corrected chi connectivity index (χ4v) is 2.32. The lowest BCUT2D eigenvalue weighted by Crippen LogP contribution is -1.97. The van der Waals surface area contributed by atoms with Gasteiger partial charge >= 0.3 is 0 Å². The zero-order valence-corrected chi connectivity index (χ0v) is 10.5. The largest absolute Gasteiger partial charge is 0.290 e. The molecule has 0 bridgehead atoms. The lowest BCUT2D eigenvalue weighted by Gasteiger charge is -2.09. The molecule has 0 unspecified atom stereocenters. The summed E-state index contributed by atoms with van der Waals surface area (Å²) in [5.74, 6) is 0.950. The third-order valence-corrected chi connectivity index (χ3v) is 3.34. The van der Waals surface area contributed by atoms with Gasteiger partial charge in [-0.3, -0.25) is 4.79 Å². The molecule has 1 aromatic rings. The van der Waals surface area contributed by atoms with Crippen molar-refractivity contribution in [2.24, 2.45) is 0 Å². The molecule has 1 rings (SSSR count). The van der Waals surface area contributed by atoms with Crippen LogP contribution in [0.15, 0.2) is 48.6 Å². The normalized spacial score (nSPS) is 11.9. The predicted molar refractivity (Wildman–Crippen MR) is 72.4 cm³/mol. The van der Waals surface area contributed by atoms with E-state index in [1.807, 2.05) is 37.3 Å². The molecule has 0 aliphatic carbocycles. The van der Waals surface area contributed by atoms with Crippen LogP contribution < -0.4 is 0 Å². The topological polar surface area (TPSA) is 17.1 Å². The van der Waals surface area contributed by atoms with Gasteiger partial charge < -0.3 is 0 Å². The van der Waals surface area contributed by atoms with E-state index in [0.717, 1.165) is 21.8 Å². The Hall–Kier alpha value is -1.28. The molecule has 0 N–H and O–H groups in total. The number of hydrogen-bond donors (Lipinski definition) is 0. The molecule has 0 radical (unpaired) electrons. The lowest BCUT2D eigenvalue weighted by molar-refractivity contribution is -0.111. The number of carbonyl (C=O) groups is 1. The minimum absolute atomic E-state index is 0.000182. The van der Waals surface area contributed by atoms with Crippen molar-refractivity contribution in [1.82, 2.24) is 0 Å². The second-order valence-electron chi connectivity index (χ2n) is 3.32. The van der Waals surface area contributed by atoms with Gasteiger partial charge in [-0.15, -0.1) is 11.8 Å². The molecule has 2 heteroatoms. The predicted octanol–water partition coefficient (Wildman–Crippen LogP) is 3.93. The van der Waals surface area contributed by atoms with Crippen molar-refractivity contribution in [2.75, 3.05) is 5.75 Å². The van der Waals surface area contributed by atoms with E-state index in [9.17, 15) is 4.79 Å². The summed E-state index contributed by atoms with van der Waals surface area (Å²) in [4.78, 5) is 12.7. The number of benzene rings is 1. The van der Waals surface area contributed by atoms with Crippen LogP contribution in [0.2, 0.25) is 0 Å². The molecule has 0 atom stereocenters. The molecular weight excluding hydrogens is 216 g/mol. The molecule has 0 aliphatic heterocycles. The Bertz CT molecular complexity index is 404. The average molecular weight is 232 g/mol. The van der Waals surface area contributed by atoms with Gasteiger partial charge in [-0.25, -0.2) is 0 Å². The van der Waals surface area contributed by atoms with Crippen molar-refractivity contribution >= 4 is 22.5 Å². The van der Waals surface area contributed by atoms with Gasteiger partial charge in [-0.2, -0.15) is 0 Å². The minimum atomic E-state index is -0.000182. The van der Waals surface area contributed by atoms with Gasteiger partial charge in [0.05, 0.1) is 0 Å². The van der Waals surface area contributed by atoms with Crippen LogP contribution in [0.3, 0.4) is 0 Å². The summed E-state index contributed by atoms with van der Waals surface area (Å²) in [5, 5.41) is 0. The Balaban J connectivity index is 3.18. The molecule has 84 valence electrons. The highest BCUT2D eigenvalue weighted by atomic mass is 32.2. The smallest absolute Gasteiger partial charge is 0.182 e. The standard InChI is InChI=1S/C14H16OS/c1-4-13(15)11(3)14(16-5-2)12-9-7-6-8-10-12/h4,6-10H,1,5H2,2-3H3. The first kappa shape index (κ1) is 12.8. The summed E-state index contributed by atoms with van der Waals surface area (Å²) < 4.78 is 0. The number of allylic oxidation sites excluding steroid dienone is 2. The maximum absolute atomic E-state index is 11.6. The van der Waals surface area contributed by atoms with Crippen LogP contribution in [-0.2, 0) is 4.79 Å². The van der Waals surface area contributed by atoms with Gasteiger partial charge in [0, 0.05) is 10.5 Å². The molecule has 0 saturated heterocycles. The fraction of sp³-hybridized carbons (Fsp3) is 0.214. The van der Waals surface area contributed by atoms with E-state index in [4.69, 9.17) is 0 Å². The summed E-state index contributed by atoms with van der Waals surface area (Å²) in [7, 11) is 0. The molecular formula is C14H16OS. The van der Waals surface area contributed by atoms with Crippen LogP contribution in [0, 0.1) is 0 Å². The molecule has 0 fully saturated rings. The summed E-state index contributed by atoms with van der Waals surface area (Å²) in [6.45, 7) is 7.46. The molecule has 0 aromatic heterocycles. The maximum atomic E-state index is 11.6. The molecule has 1 nitrogen and oxygen atoms in total. The number of carbonyl (C=O) groups excluding carboxylic acids is 1. The second-order valence-corrected chi connectivity index (χ2v) is 4.60. The van der Waals surface area contributed by atoms with E-state index in [-0.39, 0.29) is 5.78 Å². The minimum Gasteiger partial charge on any atom is -0.290 e. The monoisotopic (exact) mass is 232 g/mol. The van der Waals surface area contributed by atoms with E-state index < -0.39 is 0 Å². The van der Waals surface area contributed by atoms with Gasteiger partial charge in [0.15, 0.2) is 5.78 Å². The summed E-state index contributed by atoms with van der Waals surface area (Å²) in [6.07, 6.45) is 1.37. The van der Waals surface area contributed by atoms with E-state index in [1.54, 1.807) is 11.8 Å². The van der Waals surface area contributed by atoms with Crippen LogP contribution in [0.4, 0.5) is 0 Å². The Morgan fingerprint density at radius 1 is 1.38 bits per heavy atom. The van der Waals surface area contributed by atoms with Crippen molar-refractivity contribution < 1.29 is 4.79 Å². The fourth-order valence-electron chi connectivity index (χ4n) is 1.41. The third-order valence-electron chi connectivity index (χ3n) is 2.22. The van der Waals surface area contributed by atoms with Gasteiger partial charge in [-0.05, 0) is 24.3 Å². The quantitative estimate of drug-likeness (QED) is 0.716. The summed E-state index contributed by atoms with van der Waals surface area (Å²) in [5.41, 5.74) is 1.87. The van der Waals surface area contributed by atoms with Crippen LogP contribution in [-0.4, -0.2) is 11.5 Å². The van der Waals surface area contributed by atoms with Gasteiger partial charge in [0.1, 0.15) is 0 Å². The Morgan fingerprint density at radius 3 is 2.50 bits per heavy atom.